The number of benzene rings is 1. The zero-order valence-electron chi connectivity index (χ0n) is 16.7. The smallest absolute Gasteiger partial charge is 0.258 e. The van der Waals surface area contributed by atoms with E-state index in [4.69, 9.17) is 4.74 Å². The monoisotopic (exact) mass is 395 g/mol. The van der Waals surface area contributed by atoms with Crippen LogP contribution < -0.4 is 10.1 Å². The van der Waals surface area contributed by atoms with Gasteiger partial charge in [0.2, 0.25) is 0 Å². The number of nitrogens with one attached hydrogen (secondary N) is 1. The summed E-state index contributed by atoms with van der Waals surface area (Å²) in [7, 11) is 0. The van der Waals surface area contributed by atoms with E-state index in [1.165, 1.54) is 16.9 Å². The van der Waals surface area contributed by atoms with Gasteiger partial charge in [-0.25, -0.2) is 4.98 Å². The Morgan fingerprint density at radius 3 is 2.79 bits per heavy atom. The van der Waals surface area contributed by atoms with Crippen molar-refractivity contribution in [3.05, 3.63) is 64.9 Å². The van der Waals surface area contributed by atoms with Gasteiger partial charge in [-0.15, -0.1) is 11.3 Å². The van der Waals surface area contributed by atoms with Crippen LogP contribution in [0.4, 0.5) is 0 Å². The Hall–Kier alpha value is -2.73. The van der Waals surface area contributed by atoms with Crippen LogP contribution in [-0.2, 0) is 16.8 Å². The number of carbonyl (C=O) groups excluding carboxylic acids is 1. The molecule has 0 unspecified atom stereocenters. The summed E-state index contributed by atoms with van der Waals surface area (Å²) in [5.74, 6) is 0.581. The summed E-state index contributed by atoms with van der Waals surface area (Å²) in [6, 6.07) is 9.90. The molecule has 2 heterocycles. The van der Waals surface area contributed by atoms with Crippen LogP contribution in [-0.4, -0.2) is 22.5 Å². The Morgan fingerprint density at radius 2 is 2.07 bits per heavy atom. The summed E-state index contributed by atoms with van der Waals surface area (Å²) < 4.78 is 5.81. The molecule has 3 aromatic rings. The van der Waals surface area contributed by atoms with Crippen molar-refractivity contribution in [3.63, 3.8) is 0 Å². The van der Waals surface area contributed by atoms with Gasteiger partial charge in [0.15, 0.2) is 6.61 Å². The van der Waals surface area contributed by atoms with Crippen LogP contribution in [0.25, 0.3) is 10.6 Å². The lowest BCUT2D eigenvalue weighted by Gasteiger charge is -2.23. The Bertz CT molecular complexity index is 946. The van der Waals surface area contributed by atoms with E-state index < -0.39 is 0 Å². The number of nitrogens with zero attached hydrogens (tertiary/aromatic N) is 2. The normalized spacial score (nSPS) is 11.3. The Balaban J connectivity index is 1.55. The molecule has 0 aliphatic rings. The summed E-state index contributed by atoms with van der Waals surface area (Å²) in [6.07, 6.45) is 3.51. The molecule has 146 valence electrons. The minimum Gasteiger partial charge on any atom is -0.483 e. The molecule has 0 saturated heterocycles. The highest BCUT2D eigenvalue weighted by atomic mass is 32.1. The third-order valence-corrected chi connectivity index (χ3v) is 5.17. The zero-order valence-corrected chi connectivity index (χ0v) is 17.5. The molecule has 1 aromatic carbocycles. The average molecular weight is 396 g/mol. The van der Waals surface area contributed by atoms with Crippen molar-refractivity contribution in [1.29, 1.82) is 0 Å². The second-order valence-electron chi connectivity index (χ2n) is 7.70. The van der Waals surface area contributed by atoms with Gasteiger partial charge in [-0.05, 0) is 36.1 Å². The van der Waals surface area contributed by atoms with Gasteiger partial charge >= 0.3 is 0 Å². The first-order valence-corrected chi connectivity index (χ1v) is 10.1. The van der Waals surface area contributed by atoms with Crippen molar-refractivity contribution < 1.29 is 9.53 Å². The van der Waals surface area contributed by atoms with Crippen LogP contribution in [0.2, 0.25) is 0 Å². The van der Waals surface area contributed by atoms with Crippen molar-refractivity contribution in [2.45, 2.75) is 39.7 Å². The number of aromatic nitrogens is 2. The molecule has 1 amide bonds. The maximum Gasteiger partial charge on any atom is 0.258 e. The number of amides is 1. The minimum absolute atomic E-state index is 0.0221. The van der Waals surface area contributed by atoms with Crippen molar-refractivity contribution >= 4 is 17.2 Å². The standard InChI is InChI=1S/C22H25N3O2S/c1-15-7-8-19(18(10-15)22(2,3)4)27-13-20(26)24-12-17-14-28-21(25-17)16-6-5-9-23-11-16/h5-11,14H,12-13H2,1-4H3,(H,24,26). The molecule has 0 radical (unpaired) electrons. The molecule has 0 bridgehead atoms. The fourth-order valence-corrected chi connectivity index (χ4v) is 3.56. The molecular weight excluding hydrogens is 370 g/mol. The first kappa shape index (κ1) is 20.0. The second kappa shape index (κ2) is 8.52. The number of aryl methyl sites for hydroxylation is 1. The Morgan fingerprint density at radius 1 is 1.25 bits per heavy atom. The number of rotatable bonds is 6. The number of thiazole rings is 1. The highest BCUT2D eigenvalue weighted by Gasteiger charge is 2.19. The molecule has 1 N–H and O–H groups in total. The third kappa shape index (κ3) is 5.16. The lowest BCUT2D eigenvalue weighted by Crippen LogP contribution is -2.29. The van der Waals surface area contributed by atoms with Crippen LogP contribution in [0.15, 0.2) is 48.1 Å². The molecule has 0 atom stereocenters. The van der Waals surface area contributed by atoms with Gasteiger partial charge in [-0.1, -0.05) is 38.5 Å². The molecule has 28 heavy (non-hydrogen) atoms. The molecule has 5 nitrogen and oxygen atoms in total. The van der Waals surface area contributed by atoms with Gasteiger partial charge in [0.1, 0.15) is 10.8 Å². The summed E-state index contributed by atoms with van der Waals surface area (Å²) >= 11 is 1.54. The lowest BCUT2D eigenvalue weighted by atomic mass is 9.85. The molecular formula is C22H25N3O2S. The second-order valence-corrected chi connectivity index (χ2v) is 8.56. The maximum atomic E-state index is 12.2. The van der Waals surface area contributed by atoms with Gasteiger partial charge in [-0.2, -0.15) is 0 Å². The van der Waals surface area contributed by atoms with Crippen molar-refractivity contribution in [2.24, 2.45) is 0 Å². The van der Waals surface area contributed by atoms with Crippen molar-refractivity contribution in [1.82, 2.24) is 15.3 Å². The van der Waals surface area contributed by atoms with E-state index in [1.54, 1.807) is 12.4 Å². The number of carbonyl (C=O) groups is 1. The van der Waals surface area contributed by atoms with E-state index in [1.807, 2.05) is 29.6 Å². The Kier molecular flexibility index (Phi) is 6.09. The molecule has 2 aromatic heterocycles. The van der Waals surface area contributed by atoms with E-state index in [0.29, 0.717) is 6.54 Å². The summed E-state index contributed by atoms with van der Waals surface area (Å²) in [4.78, 5) is 20.9. The Labute approximate surface area is 169 Å². The number of pyridine rings is 1. The molecule has 3 rings (SSSR count). The fraction of sp³-hybridized carbons (Fsp3) is 0.318. The molecule has 0 fully saturated rings. The van der Waals surface area contributed by atoms with Crippen LogP contribution >= 0.6 is 11.3 Å². The van der Waals surface area contributed by atoms with E-state index in [2.05, 4.69) is 49.0 Å². The number of hydrogen-bond donors (Lipinski definition) is 1. The van der Waals surface area contributed by atoms with E-state index in [9.17, 15) is 4.79 Å². The highest BCUT2D eigenvalue weighted by molar-refractivity contribution is 7.13. The fourth-order valence-electron chi connectivity index (χ4n) is 2.75. The van der Waals surface area contributed by atoms with Gasteiger partial charge < -0.3 is 10.1 Å². The zero-order chi connectivity index (χ0) is 20.1. The SMILES string of the molecule is Cc1ccc(OCC(=O)NCc2csc(-c3cccnc3)n2)c(C(C)(C)C)c1. The predicted molar refractivity (Wildman–Crippen MR) is 113 cm³/mol. The van der Waals surface area contributed by atoms with Crippen LogP contribution in [0, 0.1) is 6.92 Å². The number of hydrogen-bond acceptors (Lipinski definition) is 5. The van der Waals surface area contributed by atoms with E-state index in [0.717, 1.165) is 27.6 Å². The van der Waals surface area contributed by atoms with Crippen LogP contribution in [0.3, 0.4) is 0 Å². The molecule has 0 saturated carbocycles. The van der Waals surface area contributed by atoms with Gasteiger partial charge in [0, 0.05) is 23.3 Å². The quantitative estimate of drug-likeness (QED) is 0.667. The van der Waals surface area contributed by atoms with Crippen LogP contribution in [0.5, 0.6) is 5.75 Å². The highest BCUT2D eigenvalue weighted by Crippen LogP contribution is 2.32. The van der Waals surface area contributed by atoms with Crippen molar-refractivity contribution in [2.75, 3.05) is 6.61 Å². The molecule has 0 aliphatic heterocycles. The first-order valence-electron chi connectivity index (χ1n) is 9.18. The largest absolute Gasteiger partial charge is 0.483 e. The maximum absolute atomic E-state index is 12.2. The lowest BCUT2D eigenvalue weighted by molar-refractivity contribution is -0.123. The van der Waals surface area contributed by atoms with Crippen LogP contribution in [0.1, 0.15) is 37.6 Å². The van der Waals surface area contributed by atoms with E-state index >= 15 is 0 Å². The van der Waals surface area contributed by atoms with Gasteiger partial charge in [0.05, 0.1) is 12.2 Å². The third-order valence-electron chi connectivity index (χ3n) is 4.23. The molecule has 6 heteroatoms. The summed E-state index contributed by atoms with van der Waals surface area (Å²) in [5, 5.41) is 5.71. The predicted octanol–water partition coefficient (Wildman–Crippen LogP) is 4.51. The number of ether oxygens (including phenoxy) is 1. The van der Waals surface area contributed by atoms with Gasteiger partial charge in [0.25, 0.3) is 5.91 Å². The molecule has 0 aliphatic carbocycles. The molecule has 0 spiro atoms. The summed E-state index contributed by atoms with van der Waals surface area (Å²) in [6.45, 7) is 8.81. The van der Waals surface area contributed by atoms with E-state index in [-0.39, 0.29) is 17.9 Å². The van der Waals surface area contributed by atoms with Crippen molar-refractivity contribution in [3.8, 4) is 16.3 Å². The van der Waals surface area contributed by atoms with Gasteiger partial charge in [-0.3, -0.25) is 9.78 Å². The topological polar surface area (TPSA) is 64.1 Å². The summed E-state index contributed by atoms with van der Waals surface area (Å²) in [5.41, 5.74) is 4.02. The first-order chi connectivity index (χ1) is 13.3. The average Bonchev–Trinajstić information content (AvgIpc) is 3.14. The minimum atomic E-state index is -0.170.